The van der Waals surface area contributed by atoms with E-state index in [1.807, 2.05) is 62.4 Å². The predicted octanol–water partition coefficient (Wildman–Crippen LogP) is 4.32. The molecular formula is C20H18N2O2. The van der Waals surface area contributed by atoms with Gasteiger partial charge in [0.05, 0.1) is 7.11 Å². The molecule has 0 atom stereocenters. The zero-order valence-corrected chi connectivity index (χ0v) is 14.0. The number of ether oxygens (including phenoxy) is 2. The highest BCUT2D eigenvalue weighted by Crippen LogP contribution is 2.22. The van der Waals surface area contributed by atoms with Crippen molar-refractivity contribution in [2.24, 2.45) is 0 Å². The van der Waals surface area contributed by atoms with E-state index < -0.39 is 0 Å². The van der Waals surface area contributed by atoms with E-state index in [1.54, 1.807) is 13.2 Å². The summed E-state index contributed by atoms with van der Waals surface area (Å²) < 4.78 is 10.9. The van der Waals surface area contributed by atoms with Gasteiger partial charge in [-0.2, -0.15) is 10.5 Å². The Balaban J connectivity index is 2.22. The van der Waals surface area contributed by atoms with Crippen molar-refractivity contribution in [3.63, 3.8) is 0 Å². The second-order valence-electron chi connectivity index (χ2n) is 5.38. The highest BCUT2D eigenvalue weighted by molar-refractivity contribution is 5.65. The van der Waals surface area contributed by atoms with Crippen LogP contribution in [-0.4, -0.2) is 7.11 Å². The van der Waals surface area contributed by atoms with Crippen LogP contribution in [0.15, 0.2) is 42.0 Å². The Morgan fingerprint density at radius 3 is 2.21 bits per heavy atom. The molecule has 0 N–H and O–H groups in total. The first-order chi connectivity index (χ1) is 11.6. The number of nitriles is 2. The van der Waals surface area contributed by atoms with Crippen LogP contribution in [-0.2, 0) is 6.61 Å². The molecule has 0 radical (unpaired) electrons. The Morgan fingerprint density at radius 2 is 1.62 bits per heavy atom. The summed E-state index contributed by atoms with van der Waals surface area (Å²) in [4.78, 5) is 0. The molecule has 0 saturated carbocycles. The number of nitrogens with zero attached hydrogens (tertiary/aromatic N) is 2. The van der Waals surface area contributed by atoms with Crippen molar-refractivity contribution in [1.82, 2.24) is 0 Å². The average molecular weight is 318 g/mol. The van der Waals surface area contributed by atoms with E-state index in [1.165, 1.54) is 0 Å². The number of hydrogen-bond donors (Lipinski definition) is 0. The van der Waals surface area contributed by atoms with E-state index >= 15 is 0 Å². The predicted molar refractivity (Wildman–Crippen MR) is 92.4 cm³/mol. The lowest BCUT2D eigenvalue weighted by molar-refractivity contribution is 0.304. The molecule has 2 rings (SSSR count). The normalized spacial score (nSPS) is 9.54. The van der Waals surface area contributed by atoms with Gasteiger partial charge in [-0.15, -0.1) is 0 Å². The van der Waals surface area contributed by atoms with E-state index in [-0.39, 0.29) is 5.57 Å². The number of rotatable bonds is 5. The summed E-state index contributed by atoms with van der Waals surface area (Å²) in [5, 5.41) is 17.8. The summed E-state index contributed by atoms with van der Waals surface area (Å²) in [6, 6.07) is 15.2. The van der Waals surface area contributed by atoms with E-state index in [2.05, 4.69) is 0 Å². The Morgan fingerprint density at radius 1 is 1.00 bits per heavy atom. The Hall–Kier alpha value is -3.24. The van der Waals surface area contributed by atoms with Gasteiger partial charge in [-0.1, -0.05) is 6.07 Å². The molecule has 0 aliphatic rings. The average Bonchev–Trinajstić information content (AvgIpc) is 2.60. The molecule has 0 saturated heterocycles. The van der Waals surface area contributed by atoms with Crippen LogP contribution in [0.2, 0.25) is 0 Å². The maximum absolute atomic E-state index is 8.92. The zero-order chi connectivity index (χ0) is 17.5. The van der Waals surface area contributed by atoms with Crippen molar-refractivity contribution in [3.8, 4) is 23.6 Å². The van der Waals surface area contributed by atoms with E-state index in [9.17, 15) is 0 Å². The summed E-state index contributed by atoms with van der Waals surface area (Å²) >= 11 is 0. The van der Waals surface area contributed by atoms with Crippen molar-refractivity contribution in [3.05, 3.63) is 64.2 Å². The number of aryl methyl sites for hydroxylation is 2. The van der Waals surface area contributed by atoms with Gasteiger partial charge in [0.15, 0.2) is 0 Å². The fraction of sp³-hybridized carbons (Fsp3) is 0.200. The van der Waals surface area contributed by atoms with Crippen molar-refractivity contribution in [2.75, 3.05) is 7.11 Å². The Labute approximate surface area is 142 Å². The molecule has 24 heavy (non-hydrogen) atoms. The highest BCUT2D eigenvalue weighted by Gasteiger charge is 2.06. The van der Waals surface area contributed by atoms with Gasteiger partial charge >= 0.3 is 0 Å². The van der Waals surface area contributed by atoms with E-state index in [0.717, 1.165) is 33.8 Å². The standard InChI is InChI=1S/C20H18N2O2/c1-14-8-15(2)18(10-17(14)9-16(11-21)12-22)13-24-20-6-4-19(23-3)5-7-20/h4-10H,13H2,1-3H3. The first kappa shape index (κ1) is 17.1. The van der Waals surface area contributed by atoms with Crippen LogP contribution in [0.1, 0.15) is 22.3 Å². The van der Waals surface area contributed by atoms with E-state index in [0.29, 0.717) is 6.61 Å². The summed E-state index contributed by atoms with van der Waals surface area (Å²) in [5.74, 6) is 1.53. The second-order valence-corrected chi connectivity index (χ2v) is 5.38. The van der Waals surface area contributed by atoms with Crippen LogP contribution >= 0.6 is 0 Å². The summed E-state index contributed by atoms with van der Waals surface area (Å²) in [7, 11) is 1.62. The van der Waals surface area contributed by atoms with Crippen molar-refractivity contribution >= 4 is 6.08 Å². The third-order valence-electron chi connectivity index (χ3n) is 3.72. The topological polar surface area (TPSA) is 66.0 Å². The molecule has 0 heterocycles. The van der Waals surface area contributed by atoms with Gasteiger partial charge in [-0.05, 0) is 72.5 Å². The SMILES string of the molecule is COc1ccc(OCc2cc(C=C(C#N)C#N)c(C)cc2C)cc1. The molecule has 0 amide bonds. The van der Waals surface area contributed by atoms with Gasteiger partial charge in [0.1, 0.15) is 35.8 Å². The third kappa shape index (κ3) is 4.15. The number of hydrogen-bond acceptors (Lipinski definition) is 4. The van der Waals surface area contributed by atoms with Crippen LogP contribution in [0.25, 0.3) is 6.08 Å². The number of methoxy groups -OCH3 is 1. The quantitative estimate of drug-likeness (QED) is 0.770. The first-order valence-corrected chi connectivity index (χ1v) is 7.46. The van der Waals surface area contributed by atoms with Gasteiger partial charge in [-0.3, -0.25) is 0 Å². The molecule has 0 fully saturated rings. The fourth-order valence-corrected chi connectivity index (χ4v) is 2.31. The molecule has 0 aliphatic carbocycles. The van der Waals surface area contributed by atoms with Gasteiger partial charge in [0.25, 0.3) is 0 Å². The number of benzene rings is 2. The molecule has 2 aromatic carbocycles. The van der Waals surface area contributed by atoms with Crippen LogP contribution in [0.3, 0.4) is 0 Å². The van der Waals surface area contributed by atoms with Crippen molar-refractivity contribution < 1.29 is 9.47 Å². The summed E-state index contributed by atoms with van der Waals surface area (Å²) in [6.45, 7) is 4.38. The molecule has 2 aromatic rings. The Kier molecular flexibility index (Phi) is 5.60. The molecule has 0 spiro atoms. The molecule has 4 nitrogen and oxygen atoms in total. The van der Waals surface area contributed by atoms with Crippen molar-refractivity contribution in [2.45, 2.75) is 20.5 Å². The monoisotopic (exact) mass is 318 g/mol. The minimum absolute atomic E-state index is 0.0870. The minimum atomic E-state index is 0.0870. The van der Waals surface area contributed by atoms with Crippen LogP contribution in [0, 0.1) is 36.5 Å². The molecule has 0 aromatic heterocycles. The third-order valence-corrected chi connectivity index (χ3v) is 3.72. The molecule has 0 bridgehead atoms. The molecular weight excluding hydrogens is 300 g/mol. The van der Waals surface area contributed by atoms with Gasteiger partial charge in [0, 0.05) is 0 Å². The van der Waals surface area contributed by atoms with Crippen LogP contribution in [0.4, 0.5) is 0 Å². The van der Waals surface area contributed by atoms with Gasteiger partial charge < -0.3 is 9.47 Å². The van der Waals surface area contributed by atoms with Gasteiger partial charge in [0.2, 0.25) is 0 Å². The molecule has 0 aliphatic heterocycles. The zero-order valence-electron chi connectivity index (χ0n) is 14.0. The smallest absolute Gasteiger partial charge is 0.130 e. The molecule has 120 valence electrons. The highest BCUT2D eigenvalue weighted by atomic mass is 16.5. The minimum Gasteiger partial charge on any atom is -0.497 e. The van der Waals surface area contributed by atoms with Crippen molar-refractivity contribution in [1.29, 1.82) is 10.5 Å². The fourth-order valence-electron chi connectivity index (χ4n) is 2.31. The lowest BCUT2D eigenvalue weighted by Crippen LogP contribution is -2.00. The maximum atomic E-state index is 8.92. The summed E-state index contributed by atoms with van der Waals surface area (Å²) in [6.07, 6.45) is 1.60. The van der Waals surface area contributed by atoms with Gasteiger partial charge in [-0.25, -0.2) is 0 Å². The van der Waals surface area contributed by atoms with E-state index in [4.69, 9.17) is 20.0 Å². The van der Waals surface area contributed by atoms with Crippen LogP contribution < -0.4 is 9.47 Å². The largest absolute Gasteiger partial charge is 0.497 e. The molecule has 0 unspecified atom stereocenters. The molecule has 4 heteroatoms. The maximum Gasteiger partial charge on any atom is 0.130 e. The first-order valence-electron chi connectivity index (χ1n) is 7.46. The lowest BCUT2D eigenvalue weighted by atomic mass is 9.99. The lowest BCUT2D eigenvalue weighted by Gasteiger charge is -2.12. The Bertz CT molecular complexity index is 822. The summed E-state index contributed by atoms with van der Waals surface area (Å²) in [5.41, 5.74) is 4.08. The second kappa shape index (κ2) is 7.85. The number of allylic oxidation sites excluding steroid dienone is 1. The van der Waals surface area contributed by atoms with Crippen LogP contribution in [0.5, 0.6) is 11.5 Å².